The summed E-state index contributed by atoms with van der Waals surface area (Å²) in [5.41, 5.74) is 0.352. The smallest absolute Gasteiger partial charge is 0.274 e. The number of hydrogen-bond acceptors (Lipinski definition) is 6. The summed E-state index contributed by atoms with van der Waals surface area (Å²) in [6.45, 7) is 0.0592. The highest BCUT2D eigenvalue weighted by atomic mass is 19.1. The molecule has 5 rings (SSSR count). The minimum atomic E-state index is -1.89. The number of likely N-dealkylation sites (tertiary alicyclic amines) is 1. The van der Waals surface area contributed by atoms with Gasteiger partial charge in [0.05, 0.1) is 23.8 Å². The average Bonchev–Trinajstić information content (AvgIpc) is 3.42. The van der Waals surface area contributed by atoms with Crippen molar-refractivity contribution < 1.29 is 13.7 Å². The normalized spacial score (nSPS) is 19.0. The third-order valence-corrected chi connectivity index (χ3v) is 5.02. The van der Waals surface area contributed by atoms with Crippen molar-refractivity contribution in [1.82, 2.24) is 25.0 Å². The zero-order valence-corrected chi connectivity index (χ0v) is 15.3. The Hall–Kier alpha value is -3.68. The largest absolute Gasteiger partial charge is 0.335 e. The Morgan fingerprint density at radius 2 is 1.79 bits per heavy atom. The van der Waals surface area contributed by atoms with Crippen LogP contribution in [0.1, 0.15) is 22.8 Å². The number of benzene rings is 2. The molecule has 2 aromatic heterocycles. The molecular weight excluding hydrogens is 373 g/mol. The van der Waals surface area contributed by atoms with Crippen molar-refractivity contribution in [2.45, 2.75) is 12.1 Å². The first kappa shape index (κ1) is 17.4. The molecule has 0 spiro atoms. The van der Waals surface area contributed by atoms with Crippen LogP contribution in [0.15, 0.2) is 65.3 Å². The summed E-state index contributed by atoms with van der Waals surface area (Å²) < 4.78 is 20.7. The Morgan fingerprint density at radius 3 is 2.62 bits per heavy atom. The highest BCUT2D eigenvalue weighted by Crippen LogP contribution is 2.36. The maximum atomic E-state index is 15.5. The van der Waals surface area contributed by atoms with E-state index in [0.29, 0.717) is 16.9 Å². The van der Waals surface area contributed by atoms with Crippen molar-refractivity contribution in [2.75, 3.05) is 13.1 Å². The molecule has 3 heterocycles. The van der Waals surface area contributed by atoms with Crippen LogP contribution in [0.2, 0.25) is 0 Å². The van der Waals surface area contributed by atoms with Crippen LogP contribution >= 0.6 is 0 Å². The molecule has 0 radical (unpaired) electrons. The lowest BCUT2D eigenvalue weighted by Crippen LogP contribution is -2.33. The molecule has 1 atom stereocenters. The number of carbonyl (C=O) groups is 1. The Bertz CT molecular complexity index is 1200. The van der Waals surface area contributed by atoms with Crippen molar-refractivity contribution in [2.24, 2.45) is 0 Å². The van der Waals surface area contributed by atoms with E-state index in [-0.39, 0.29) is 37.0 Å². The second-order valence-electron chi connectivity index (χ2n) is 6.98. The minimum Gasteiger partial charge on any atom is -0.335 e. The van der Waals surface area contributed by atoms with Crippen LogP contribution in [-0.2, 0) is 5.67 Å². The van der Waals surface area contributed by atoms with Crippen molar-refractivity contribution in [3.63, 3.8) is 0 Å². The van der Waals surface area contributed by atoms with Gasteiger partial charge in [0.15, 0.2) is 0 Å². The predicted octanol–water partition coefficient (Wildman–Crippen LogP) is 3.39. The number of carbonyl (C=O) groups excluding carboxylic acids is 1. The molecule has 1 aliphatic heterocycles. The molecule has 0 aliphatic carbocycles. The molecule has 7 nitrogen and oxygen atoms in total. The SMILES string of the molecule is O=C(c1cnc2ccccc2n1)N1CCC(F)(c2nc(-c3ccccc3)no2)C1. The number of para-hydroxylation sites is 2. The fraction of sp³-hybridized carbons (Fsp3) is 0.190. The number of rotatable bonds is 3. The highest BCUT2D eigenvalue weighted by Gasteiger charge is 2.46. The van der Waals surface area contributed by atoms with Gasteiger partial charge in [0.25, 0.3) is 11.8 Å². The van der Waals surface area contributed by atoms with Gasteiger partial charge >= 0.3 is 0 Å². The lowest BCUT2D eigenvalue weighted by atomic mass is 10.1. The third-order valence-electron chi connectivity index (χ3n) is 5.02. The second-order valence-corrected chi connectivity index (χ2v) is 6.98. The Morgan fingerprint density at radius 1 is 1.03 bits per heavy atom. The number of halogens is 1. The molecule has 144 valence electrons. The summed E-state index contributed by atoms with van der Waals surface area (Å²) in [5.74, 6) is -0.162. The Labute approximate surface area is 165 Å². The van der Waals surface area contributed by atoms with E-state index in [0.717, 1.165) is 5.56 Å². The first-order valence-corrected chi connectivity index (χ1v) is 9.22. The summed E-state index contributed by atoms with van der Waals surface area (Å²) in [5, 5.41) is 3.89. The van der Waals surface area contributed by atoms with Crippen molar-refractivity contribution in [1.29, 1.82) is 0 Å². The average molecular weight is 389 g/mol. The van der Waals surface area contributed by atoms with Gasteiger partial charge in [-0.05, 0) is 12.1 Å². The highest BCUT2D eigenvalue weighted by molar-refractivity contribution is 5.94. The molecule has 1 amide bonds. The molecule has 0 N–H and O–H groups in total. The topological polar surface area (TPSA) is 85.0 Å². The molecule has 1 aliphatic rings. The van der Waals surface area contributed by atoms with Gasteiger partial charge in [-0.15, -0.1) is 0 Å². The maximum Gasteiger partial charge on any atom is 0.274 e. The van der Waals surface area contributed by atoms with E-state index < -0.39 is 5.67 Å². The molecule has 29 heavy (non-hydrogen) atoms. The zero-order chi connectivity index (χ0) is 19.8. The van der Waals surface area contributed by atoms with Crippen molar-refractivity contribution in [3.8, 4) is 11.4 Å². The van der Waals surface area contributed by atoms with Crippen LogP contribution in [0.3, 0.4) is 0 Å². The molecular formula is C21H16FN5O2. The Balaban J connectivity index is 1.37. The quantitative estimate of drug-likeness (QED) is 0.534. The van der Waals surface area contributed by atoms with Gasteiger partial charge in [0.1, 0.15) is 5.69 Å². The van der Waals surface area contributed by atoms with Crippen LogP contribution in [-0.4, -0.2) is 44.0 Å². The van der Waals surface area contributed by atoms with E-state index >= 15 is 4.39 Å². The molecule has 8 heteroatoms. The number of amides is 1. The monoisotopic (exact) mass is 389 g/mol. The van der Waals surface area contributed by atoms with Crippen molar-refractivity contribution in [3.05, 3.63) is 72.4 Å². The second kappa shape index (κ2) is 6.73. The van der Waals surface area contributed by atoms with Gasteiger partial charge < -0.3 is 9.42 Å². The van der Waals surface area contributed by atoms with Gasteiger partial charge in [-0.2, -0.15) is 4.98 Å². The lowest BCUT2D eigenvalue weighted by Gasteiger charge is -2.17. The maximum absolute atomic E-state index is 15.5. The fourth-order valence-electron chi connectivity index (χ4n) is 3.45. The van der Waals surface area contributed by atoms with Crippen LogP contribution in [0.25, 0.3) is 22.4 Å². The molecule has 0 bridgehead atoms. The van der Waals surface area contributed by atoms with E-state index in [1.165, 1.54) is 11.1 Å². The molecule has 1 fully saturated rings. The van der Waals surface area contributed by atoms with Crippen LogP contribution in [0.4, 0.5) is 4.39 Å². The number of hydrogen-bond donors (Lipinski definition) is 0. The summed E-state index contributed by atoms with van der Waals surface area (Å²) >= 11 is 0. The standard InChI is InChI=1S/C21H16FN5O2/c22-21(20-25-18(26-29-20)14-6-2-1-3-7-14)10-11-27(13-21)19(28)17-12-23-15-8-4-5-9-16(15)24-17/h1-9,12H,10-11,13H2. The molecule has 2 aromatic carbocycles. The van der Waals surface area contributed by atoms with E-state index in [4.69, 9.17) is 4.52 Å². The number of fused-ring (bicyclic) bond motifs is 1. The first-order chi connectivity index (χ1) is 14.1. The first-order valence-electron chi connectivity index (χ1n) is 9.22. The molecule has 1 saturated heterocycles. The zero-order valence-electron chi connectivity index (χ0n) is 15.3. The minimum absolute atomic E-state index is 0.0795. The predicted molar refractivity (Wildman–Crippen MR) is 103 cm³/mol. The van der Waals surface area contributed by atoms with Gasteiger partial charge in [-0.1, -0.05) is 47.6 Å². The van der Waals surface area contributed by atoms with E-state index in [1.54, 1.807) is 6.07 Å². The summed E-state index contributed by atoms with van der Waals surface area (Å²) in [6, 6.07) is 16.5. The number of nitrogens with zero attached hydrogens (tertiary/aromatic N) is 5. The molecule has 1 unspecified atom stereocenters. The number of alkyl halides is 1. The van der Waals surface area contributed by atoms with Gasteiger partial charge in [-0.3, -0.25) is 9.78 Å². The number of aromatic nitrogens is 4. The van der Waals surface area contributed by atoms with Crippen LogP contribution in [0, 0.1) is 0 Å². The van der Waals surface area contributed by atoms with Crippen LogP contribution < -0.4 is 0 Å². The molecule has 4 aromatic rings. The summed E-state index contributed by atoms with van der Waals surface area (Å²) in [4.78, 5) is 27.1. The van der Waals surface area contributed by atoms with Gasteiger partial charge in [0.2, 0.25) is 11.5 Å². The van der Waals surface area contributed by atoms with Crippen LogP contribution in [0.5, 0.6) is 0 Å². The van der Waals surface area contributed by atoms with E-state index in [2.05, 4.69) is 20.1 Å². The lowest BCUT2D eigenvalue weighted by molar-refractivity contribution is 0.0711. The van der Waals surface area contributed by atoms with E-state index in [9.17, 15) is 4.79 Å². The Kier molecular flexibility index (Phi) is 4.04. The fourth-order valence-corrected chi connectivity index (χ4v) is 3.45. The molecule has 0 saturated carbocycles. The third kappa shape index (κ3) is 3.12. The van der Waals surface area contributed by atoms with Gasteiger partial charge in [-0.25, -0.2) is 9.37 Å². The van der Waals surface area contributed by atoms with E-state index in [1.807, 2.05) is 48.5 Å². The van der Waals surface area contributed by atoms with Gasteiger partial charge in [0, 0.05) is 18.5 Å². The summed E-state index contributed by atoms with van der Waals surface area (Å²) in [6.07, 6.45) is 1.50. The summed E-state index contributed by atoms with van der Waals surface area (Å²) in [7, 11) is 0. The van der Waals surface area contributed by atoms with Crippen molar-refractivity contribution >= 4 is 16.9 Å².